The van der Waals surface area contributed by atoms with Crippen molar-refractivity contribution in [3.05, 3.63) is 46.7 Å². The summed E-state index contributed by atoms with van der Waals surface area (Å²) in [5.41, 5.74) is 6.90. The van der Waals surface area contributed by atoms with Crippen molar-refractivity contribution in [3.63, 3.8) is 0 Å². The van der Waals surface area contributed by atoms with E-state index < -0.39 is 17.8 Å². The van der Waals surface area contributed by atoms with E-state index in [1.807, 2.05) is 13.8 Å². The lowest BCUT2D eigenvalue weighted by atomic mass is 9.94. The molecule has 11 heteroatoms. The van der Waals surface area contributed by atoms with Crippen molar-refractivity contribution >= 4 is 34.0 Å². The number of carbonyl (C=O) groups excluding carboxylic acids is 1. The number of thiazole rings is 1. The van der Waals surface area contributed by atoms with Crippen LogP contribution in [0.25, 0.3) is 11.3 Å². The number of carbonyl (C=O) groups is 1. The maximum Gasteiger partial charge on any atom is 0.417 e. The Morgan fingerprint density at radius 2 is 1.88 bits per heavy atom. The number of amides is 2. The first kappa shape index (κ1) is 23.9. The molecule has 2 amide bonds. The quantitative estimate of drug-likeness (QED) is 0.455. The second-order valence-corrected chi connectivity index (χ2v) is 9.53. The van der Waals surface area contributed by atoms with Crippen LogP contribution >= 0.6 is 11.3 Å². The molecule has 0 aromatic carbocycles. The van der Waals surface area contributed by atoms with Gasteiger partial charge in [-0.25, -0.2) is 14.8 Å². The van der Waals surface area contributed by atoms with Gasteiger partial charge in [-0.3, -0.25) is 15.2 Å². The molecule has 7 nitrogen and oxygen atoms in total. The van der Waals surface area contributed by atoms with Crippen molar-refractivity contribution < 1.29 is 18.0 Å². The molecule has 180 valence electrons. The molecule has 0 radical (unpaired) electrons. The van der Waals surface area contributed by atoms with Crippen LogP contribution in [0.3, 0.4) is 0 Å². The van der Waals surface area contributed by atoms with Crippen molar-refractivity contribution in [3.8, 4) is 11.3 Å². The summed E-state index contributed by atoms with van der Waals surface area (Å²) in [6.07, 6.45) is 2.10. The Labute approximate surface area is 199 Å². The minimum atomic E-state index is -4.53. The first-order valence-corrected chi connectivity index (χ1v) is 11.8. The summed E-state index contributed by atoms with van der Waals surface area (Å²) in [5.74, 6) is 0.212. The highest BCUT2D eigenvalue weighted by molar-refractivity contribution is 7.15. The lowest BCUT2D eigenvalue weighted by Gasteiger charge is -2.34. The SMILES string of the molecule is Cc1nc(NC(=O)N(c2nc(-c3cncc(C(F)(F)F)c3)ccc2N)C2CCCCC2)sc1C. The molecule has 4 rings (SSSR count). The monoisotopic (exact) mass is 490 g/mol. The van der Waals surface area contributed by atoms with E-state index in [1.54, 1.807) is 6.07 Å². The summed E-state index contributed by atoms with van der Waals surface area (Å²) in [7, 11) is 0. The molecule has 3 aromatic rings. The number of aryl methyl sites for hydroxylation is 2. The highest BCUT2D eigenvalue weighted by Gasteiger charge is 2.32. The number of nitrogens with one attached hydrogen (secondary N) is 1. The third-order valence-corrected chi connectivity index (χ3v) is 6.88. The van der Waals surface area contributed by atoms with Gasteiger partial charge in [0.2, 0.25) is 0 Å². The first-order valence-electron chi connectivity index (χ1n) is 11.0. The van der Waals surface area contributed by atoms with Gasteiger partial charge in [0.1, 0.15) is 0 Å². The van der Waals surface area contributed by atoms with Gasteiger partial charge in [0.15, 0.2) is 10.9 Å². The number of hydrogen-bond donors (Lipinski definition) is 2. The van der Waals surface area contributed by atoms with Crippen LogP contribution in [-0.4, -0.2) is 27.0 Å². The lowest BCUT2D eigenvalue weighted by molar-refractivity contribution is -0.137. The zero-order valence-electron chi connectivity index (χ0n) is 18.8. The Kier molecular flexibility index (Phi) is 6.74. The molecule has 3 aromatic heterocycles. The van der Waals surface area contributed by atoms with Crippen molar-refractivity contribution in [1.82, 2.24) is 15.0 Å². The molecule has 3 N–H and O–H groups in total. The second kappa shape index (κ2) is 9.57. The fraction of sp³-hybridized carbons (Fsp3) is 0.391. The summed E-state index contributed by atoms with van der Waals surface area (Å²) < 4.78 is 39.6. The van der Waals surface area contributed by atoms with Gasteiger partial charge in [-0.05, 0) is 44.9 Å². The summed E-state index contributed by atoms with van der Waals surface area (Å²) >= 11 is 1.37. The number of aromatic nitrogens is 3. The molecular formula is C23H25F3N6OS. The van der Waals surface area contributed by atoms with E-state index in [-0.39, 0.29) is 28.8 Å². The minimum Gasteiger partial charge on any atom is -0.396 e. The topological polar surface area (TPSA) is 97.0 Å². The van der Waals surface area contributed by atoms with Crippen molar-refractivity contribution in [2.45, 2.75) is 58.2 Å². The van der Waals surface area contributed by atoms with E-state index in [9.17, 15) is 18.0 Å². The Bertz CT molecular complexity index is 1170. The third-order valence-electron chi connectivity index (χ3n) is 5.90. The predicted molar refractivity (Wildman–Crippen MR) is 127 cm³/mol. The fourth-order valence-corrected chi connectivity index (χ4v) is 4.80. The molecule has 0 aliphatic heterocycles. The number of urea groups is 1. The second-order valence-electron chi connectivity index (χ2n) is 8.32. The molecular weight excluding hydrogens is 465 g/mol. The highest BCUT2D eigenvalue weighted by atomic mass is 32.1. The summed E-state index contributed by atoms with van der Waals surface area (Å²) in [4.78, 5) is 28.6. The number of halogens is 3. The maximum atomic E-state index is 13.4. The summed E-state index contributed by atoms with van der Waals surface area (Å²) in [6.45, 7) is 3.79. The summed E-state index contributed by atoms with van der Waals surface area (Å²) in [6, 6.07) is 3.51. The van der Waals surface area contributed by atoms with E-state index in [0.29, 0.717) is 5.13 Å². The number of nitrogens with two attached hydrogens (primary N) is 1. The molecule has 3 heterocycles. The molecule has 1 fully saturated rings. The molecule has 1 saturated carbocycles. The molecule has 0 saturated heterocycles. The van der Waals surface area contributed by atoms with Gasteiger partial charge in [-0.1, -0.05) is 19.3 Å². The van der Waals surface area contributed by atoms with Gasteiger partial charge >= 0.3 is 12.2 Å². The van der Waals surface area contributed by atoms with Gasteiger partial charge in [0, 0.05) is 28.9 Å². The number of anilines is 3. The van der Waals surface area contributed by atoms with Crippen LogP contribution in [0.4, 0.5) is 34.6 Å². The number of nitrogens with zero attached hydrogens (tertiary/aromatic N) is 4. The lowest BCUT2D eigenvalue weighted by Crippen LogP contribution is -2.45. The molecule has 0 bridgehead atoms. The Balaban J connectivity index is 1.73. The van der Waals surface area contributed by atoms with E-state index in [2.05, 4.69) is 20.3 Å². The van der Waals surface area contributed by atoms with Crippen LogP contribution in [0.2, 0.25) is 0 Å². The van der Waals surface area contributed by atoms with E-state index in [0.717, 1.165) is 54.9 Å². The van der Waals surface area contributed by atoms with Crippen LogP contribution in [0, 0.1) is 13.8 Å². The molecule has 0 spiro atoms. The third kappa shape index (κ3) is 5.14. The number of pyridine rings is 2. The Morgan fingerprint density at radius 1 is 1.15 bits per heavy atom. The van der Waals surface area contributed by atoms with Crippen LogP contribution in [-0.2, 0) is 6.18 Å². The smallest absolute Gasteiger partial charge is 0.396 e. The standard InChI is InChI=1S/C23H25F3N6OS/c1-13-14(2)34-21(29-13)31-22(33)32(17-6-4-3-5-7-17)20-18(27)8-9-19(30-20)15-10-16(12-28-11-15)23(24,25)26/h8-12,17H,3-7,27H2,1-2H3,(H,29,31,33). The summed E-state index contributed by atoms with van der Waals surface area (Å²) in [5, 5.41) is 3.32. The normalized spacial score (nSPS) is 14.7. The van der Waals surface area contributed by atoms with Gasteiger partial charge in [0.25, 0.3) is 0 Å². The largest absolute Gasteiger partial charge is 0.417 e. The average molecular weight is 491 g/mol. The van der Waals surface area contributed by atoms with Crippen LogP contribution in [0.1, 0.15) is 48.2 Å². The Hall–Kier alpha value is -3.21. The first-order chi connectivity index (χ1) is 16.1. The van der Waals surface area contributed by atoms with E-state index in [4.69, 9.17) is 5.73 Å². The molecule has 1 aliphatic rings. The van der Waals surface area contributed by atoms with Crippen molar-refractivity contribution in [2.24, 2.45) is 0 Å². The maximum absolute atomic E-state index is 13.4. The minimum absolute atomic E-state index is 0.138. The van der Waals surface area contributed by atoms with E-state index >= 15 is 0 Å². The number of alkyl halides is 3. The number of hydrogen-bond acceptors (Lipinski definition) is 6. The average Bonchev–Trinajstić information content (AvgIpc) is 3.12. The Morgan fingerprint density at radius 3 is 2.53 bits per heavy atom. The van der Waals surface area contributed by atoms with Gasteiger partial charge in [-0.2, -0.15) is 13.2 Å². The van der Waals surface area contributed by atoms with Crippen LogP contribution in [0.15, 0.2) is 30.6 Å². The molecule has 0 atom stereocenters. The van der Waals surface area contributed by atoms with Crippen LogP contribution in [0.5, 0.6) is 0 Å². The van der Waals surface area contributed by atoms with Crippen molar-refractivity contribution in [2.75, 3.05) is 16.0 Å². The van der Waals surface area contributed by atoms with E-state index in [1.165, 1.54) is 28.5 Å². The highest BCUT2D eigenvalue weighted by Crippen LogP contribution is 2.35. The van der Waals surface area contributed by atoms with Gasteiger partial charge in [0.05, 0.1) is 22.6 Å². The molecule has 1 aliphatic carbocycles. The van der Waals surface area contributed by atoms with Crippen molar-refractivity contribution in [1.29, 1.82) is 0 Å². The fourth-order valence-electron chi connectivity index (χ4n) is 4.00. The molecule has 0 unspecified atom stereocenters. The van der Waals surface area contributed by atoms with Crippen LogP contribution < -0.4 is 16.0 Å². The van der Waals surface area contributed by atoms with Gasteiger partial charge in [-0.15, -0.1) is 11.3 Å². The zero-order valence-corrected chi connectivity index (χ0v) is 19.6. The van der Waals surface area contributed by atoms with Gasteiger partial charge < -0.3 is 5.73 Å². The predicted octanol–water partition coefficient (Wildman–Crippen LogP) is 6.19. The molecule has 34 heavy (non-hydrogen) atoms. The number of rotatable bonds is 4. The zero-order chi connectivity index (χ0) is 24.5. The number of nitrogen functional groups attached to an aromatic ring is 1.